The maximum atomic E-state index is 12.7. The molecule has 1 aliphatic carbocycles. The third-order valence-electron chi connectivity index (χ3n) is 5.21. The Kier molecular flexibility index (Phi) is 3.96. The Balaban J connectivity index is 1.77. The van der Waals surface area contributed by atoms with Crippen LogP contribution < -0.4 is 5.32 Å². The van der Waals surface area contributed by atoms with Gasteiger partial charge in [0.15, 0.2) is 0 Å². The lowest BCUT2D eigenvalue weighted by atomic mass is 9.55. The van der Waals surface area contributed by atoms with E-state index in [-0.39, 0.29) is 35.6 Å². The second-order valence-electron chi connectivity index (χ2n) is 7.16. The number of amides is 1. The number of fused-ring (bicyclic) bond motifs is 1. The summed E-state index contributed by atoms with van der Waals surface area (Å²) in [5, 5.41) is 12.0. The number of aryl methyl sites for hydroxylation is 1. The highest BCUT2D eigenvalue weighted by molar-refractivity contribution is 5.97. The van der Waals surface area contributed by atoms with Gasteiger partial charge in [0.05, 0.1) is 17.9 Å². The molecule has 1 amide bonds. The van der Waals surface area contributed by atoms with E-state index in [0.717, 1.165) is 19.4 Å². The summed E-state index contributed by atoms with van der Waals surface area (Å²) in [7, 11) is 0. The van der Waals surface area contributed by atoms with Crippen LogP contribution in [0.1, 0.15) is 48.4 Å². The van der Waals surface area contributed by atoms with E-state index in [0.29, 0.717) is 17.0 Å². The van der Waals surface area contributed by atoms with Crippen molar-refractivity contribution < 1.29 is 23.8 Å². The Bertz CT molecular complexity index is 633. The number of rotatable bonds is 4. The standard InChI is InChI=1S/C17H23NO5/c1-9-8-23-11(7-12(19)20)13(9)16(21)18-14-10-5-4-6-22-15(10)17(14,2)3/h8,10,14-15H,4-7H2,1-3H3,(H,18,21)(H,19,20). The highest BCUT2D eigenvalue weighted by Crippen LogP contribution is 2.51. The van der Waals surface area contributed by atoms with Gasteiger partial charge in [-0.25, -0.2) is 0 Å². The van der Waals surface area contributed by atoms with Gasteiger partial charge < -0.3 is 19.6 Å². The highest BCUT2D eigenvalue weighted by Gasteiger charge is 2.58. The molecule has 0 aromatic carbocycles. The van der Waals surface area contributed by atoms with Gasteiger partial charge in [0.25, 0.3) is 5.91 Å². The number of furan rings is 1. The Labute approximate surface area is 135 Å². The third kappa shape index (κ3) is 2.65. The van der Waals surface area contributed by atoms with Crippen LogP contribution in [0.25, 0.3) is 0 Å². The normalized spacial score (nSPS) is 28.6. The molecule has 3 atom stereocenters. The quantitative estimate of drug-likeness (QED) is 0.887. The topological polar surface area (TPSA) is 88.8 Å². The van der Waals surface area contributed by atoms with E-state index in [2.05, 4.69) is 19.2 Å². The number of ether oxygens (including phenoxy) is 1. The molecular weight excluding hydrogens is 298 g/mol. The van der Waals surface area contributed by atoms with Crippen molar-refractivity contribution in [2.45, 2.75) is 52.2 Å². The molecule has 0 radical (unpaired) electrons. The Morgan fingerprint density at radius 3 is 2.87 bits per heavy atom. The van der Waals surface area contributed by atoms with Crippen LogP contribution >= 0.6 is 0 Å². The summed E-state index contributed by atoms with van der Waals surface area (Å²) >= 11 is 0. The molecule has 1 saturated heterocycles. The lowest BCUT2D eigenvalue weighted by Gasteiger charge is -2.59. The van der Waals surface area contributed by atoms with Crippen LogP contribution in [-0.4, -0.2) is 35.7 Å². The zero-order valence-corrected chi connectivity index (χ0v) is 13.7. The van der Waals surface area contributed by atoms with Crippen molar-refractivity contribution in [1.29, 1.82) is 0 Å². The van der Waals surface area contributed by atoms with Crippen molar-refractivity contribution in [3.8, 4) is 0 Å². The van der Waals surface area contributed by atoms with Crippen LogP contribution in [0.2, 0.25) is 0 Å². The smallest absolute Gasteiger partial charge is 0.311 e. The first kappa shape index (κ1) is 16.1. The number of carbonyl (C=O) groups excluding carboxylic acids is 1. The zero-order chi connectivity index (χ0) is 16.8. The molecule has 2 aliphatic rings. The van der Waals surface area contributed by atoms with E-state index < -0.39 is 5.97 Å². The number of aliphatic carboxylic acids is 1. The van der Waals surface area contributed by atoms with Crippen LogP contribution in [0.5, 0.6) is 0 Å². The Morgan fingerprint density at radius 1 is 1.43 bits per heavy atom. The minimum absolute atomic E-state index is 0.0345. The molecule has 23 heavy (non-hydrogen) atoms. The van der Waals surface area contributed by atoms with Crippen molar-refractivity contribution >= 4 is 11.9 Å². The first-order chi connectivity index (χ1) is 10.8. The fraction of sp³-hybridized carbons (Fsp3) is 0.647. The lowest BCUT2D eigenvalue weighted by Crippen LogP contribution is -2.70. The molecule has 0 bridgehead atoms. The van der Waals surface area contributed by atoms with E-state index in [1.807, 2.05) is 0 Å². The van der Waals surface area contributed by atoms with Gasteiger partial charge >= 0.3 is 5.97 Å². The number of hydrogen-bond donors (Lipinski definition) is 2. The summed E-state index contributed by atoms with van der Waals surface area (Å²) in [6.45, 7) is 6.74. The van der Waals surface area contributed by atoms with Crippen molar-refractivity contribution in [3.63, 3.8) is 0 Å². The van der Waals surface area contributed by atoms with Gasteiger partial charge in [0.1, 0.15) is 12.2 Å². The molecule has 1 aliphatic heterocycles. The van der Waals surface area contributed by atoms with E-state index in [9.17, 15) is 9.59 Å². The van der Waals surface area contributed by atoms with Crippen molar-refractivity contribution in [1.82, 2.24) is 5.32 Å². The summed E-state index contributed by atoms with van der Waals surface area (Å²) in [5.74, 6) is -0.730. The monoisotopic (exact) mass is 321 g/mol. The maximum Gasteiger partial charge on any atom is 0.311 e. The molecule has 6 nitrogen and oxygen atoms in total. The van der Waals surface area contributed by atoms with E-state index in [1.54, 1.807) is 6.92 Å². The molecule has 2 N–H and O–H groups in total. The zero-order valence-electron chi connectivity index (χ0n) is 13.7. The second-order valence-corrected chi connectivity index (χ2v) is 7.16. The molecule has 3 unspecified atom stereocenters. The predicted molar refractivity (Wildman–Crippen MR) is 82.3 cm³/mol. The summed E-state index contributed by atoms with van der Waals surface area (Å²) in [6.07, 6.45) is 3.39. The maximum absolute atomic E-state index is 12.7. The molecule has 2 fully saturated rings. The summed E-state index contributed by atoms with van der Waals surface area (Å²) < 4.78 is 11.1. The third-order valence-corrected chi connectivity index (χ3v) is 5.21. The predicted octanol–water partition coefficient (Wildman–Crippen LogP) is 2.15. The summed E-state index contributed by atoms with van der Waals surface area (Å²) in [5.41, 5.74) is 0.890. The van der Waals surface area contributed by atoms with Crippen LogP contribution in [-0.2, 0) is 16.0 Å². The molecule has 0 spiro atoms. The second kappa shape index (κ2) is 5.67. The molecule has 1 saturated carbocycles. The lowest BCUT2D eigenvalue weighted by molar-refractivity contribution is -0.189. The minimum atomic E-state index is -1.02. The fourth-order valence-corrected chi connectivity index (χ4v) is 4.10. The minimum Gasteiger partial charge on any atom is -0.481 e. The van der Waals surface area contributed by atoms with Gasteiger partial charge in [-0.2, -0.15) is 0 Å². The van der Waals surface area contributed by atoms with Crippen molar-refractivity contribution in [3.05, 3.63) is 23.2 Å². The van der Waals surface area contributed by atoms with E-state index in [4.69, 9.17) is 14.3 Å². The Hall–Kier alpha value is -1.82. The molecule has 1 aromatic rings. The molecule has 126 valence electrons. The number of hydrogen-bond acceptors (Lipinski definition) is 4. The van der Waals surface area contributed by atoms with Crippen molar-refractivity contribution in [2.24, 2.45) is 11.3 Å². The van der Waals surface area contributed by atoms with Gasteiger partial charge in [-0.3, -0.25) is 9.59 Å². The van der Waals surface area contributed by atoms with E-state index in [1.165, 1.54) is 6.26 Å². The van der Waals surface area contributed by atoms with Gasteiger partial charge in [-0.1, -0.05) is 13.8 Å². The van der Waals surface area contributed by atoms with Crippen LogP contribution in [0, 0.1) is 18.3 Å². The first-order valence-corrected chi connectivity index (χ1v) is 8.03. The van der Waals surface area contributed by atoms with Gasteiger partial charge in [0, 0.05) is 29.5 Å². The number of carboxylic acid groups (broad SMARTS) is 1. The van der Waals surface area contributed by atoms with E-state index >= 15 is 0 Å². The molecule has 2 heterocycles. The van der Waals surface area contributed by atoms with Gasteiger partial charge in [-0.05, 0) is 19.8 Å². The van der Waals surface area contributed by atoms with Gasteiger partial charge in [-0.15, -0.1) is 0 Å². The number of nitrogens with one attached hydrogen (secondary N) is 1. The molecular formula is C17H23NO5. The van der Waals surface area contributed by atoms with Crippen LogP contribution in [0.4, 0.5) is 0 Å². The first-order valence-electron chi connectivity index (χ1n) is 8.03. The van der Waals surface area contributed by atoms with Crippen LogP contribution in [0.3, 0.4) is 0 Å². The SMILES string of the molecule is Cc1coc(CC(=O)O)c1C(=O)NC1C2CCCOC2C1(C)C. The average molecular weight is 321 g/mol. The fourth-order valence-electron chi connectivity index (χ4n) is 4.10. The van der Waals surface area contributed by atoms with Gasteiger partial charge in [0.2, 0.25) is 0 Å². The number of carbonyl (C=O) groups is 2. The Morgan fingerprint density at radius 2 is 2.17 bits per heavy atom. The summed E-state index contributed by atoms with van der Waals surface area (Å²) in [6, 6.07) is 0.0345. The average Bonchev–Trinajstić information content (AvgIpc) is 2.84. The highest BCUT2D eigenvalue weighted by atomic mass is 16.5. The van der Waals surface area contributed by atoms with Crippen LogP contribution in [0.15, 0.2) is 10.7 Å². The largest absolute Gasteiger partial charge is 0.481 e. The molecule has 6 heteroatoms. The summed E-state index contributed by atoms with van der Waals surface area (Å²) in [4.78, 5) is 23.6. The molecule has 1 aromatic heterocycles. The number of carboxylic acids is 1. The van der Waals surface area contributed by atoms with Crippen molar-refractivity contribution in [2.75, 3.05) is 6.61 Å². The molecule has 3 rings (SSSR count).